The van der Waals surface area contributed by atoms with Crippen LogP contribution in [0.15, 0.2) is 18.2 Å². The summed E-state index contributed by atoms with van der Waals surface area (Å²) in [5, 5.41) is 0. The summed E-state index contributed by atoms with van der Waals surface area (Å²) < 4.78 is 18.6. The summed E-state index contributed by atoms with van der Waals surface area (Å²) in [5.41, 5.74) is 8.23. The van der Waals surface area contributed by atoms with Crippen molar-refractivity contribution in [3.63, 3.8) is 0 Å². The van der Waals surface area contributed by atoms with Crippen LogP contribution in [0, 0.1) is 12.7 Å². The van der Waals surface area contributed by atoms with Crippen LogP contribution < -0.4 is 5.73 Å². The maximum absolute atomic E-state index is 13.0. The Labute approximate surface area is 106 Å². The zero-order valence-corrected chi connectivity index (χ0v) is 10.8. The van der Waals surface area contributed by atoms with Gasteiger partial charge in [0.1, 0.15) is 5.82 Å². The summed E-state index contributed by atoms with van der Waals surface area (Å²) in [6, 6.07) is 4.86. The van der Waals surface area contributed by atoms with E-state index in [0.29, 0.717) is 0 Å². The highest BCUT2D eigenvalue weighted by Gasteiger charge is 2.22. The van der Waals surface area contributed by atoms with Crippen molar-refractivity contribution in [1.82, 2.24) is 0 Å². The Morgan fingerprint density at radius 3 is 3.06 bits per heavy atom. The first kappa shape index (κ1) is 12.9. The quantitative estimate of drug-likeness (QED) is 0.898. The van der Waals surface area contributed by atoms with E-state index in [0.717, 1.165) is 35.7 Å². The molecule has 2 N–H and O–H groups in total. The predicted octanol–water partition coefficient (Wildman–Crippen LogP) is 2.14. The van der Waals surface area contributed by atoms with Gasteiger partial charge in [0.25, 0.3) is 0 Å². The maximum atomic E-state index is 13.0. The van der Waals surface area contributed by atoms with Crippen molar-refractivity contribution < 1.29 is 9.13 Å². The van der Waals surface area contributed by atoms with E-state index in [4.69, 9.17) is 10.5 Å². The molecule has 17 heavy (non-hydrogen) atoms. The molecular formula is C13H18FNOS. The number of ether oxygens (including phenoxy) is 1. The van der Waals surface area contributed by atoms with E-state index in [-0.39, 0.29) is 18.0 Å². The van der Waals surface area contributed by atoms with Crippen LogP contribution in [0.4, 0.5) is 4.39 Å². The average Bonchev–Trinajstić information content (AvgIpc) is 2.34. The van der Waals surface area contributed by atoms with Gasteiger partial charge in [-0.1, -0.05) is 6.07 Å². The molecule has 0 aliphatic carbocycles. The number of aryl methyl sites for hydroxylation is 1. The van der Waals surface area contributed by atoms with E-state index >= 15 is 0 Å². The Morgan fingerprint density at radius 1 is 1.59 bits per heavy atom. The molecule has 94 valence electrons. The van der Waals surface area contributed by atoms with Crippen molar-refractivity contribution in [3.8, 4) is 0 Å². The third-order valence-corrected chi connectivity index (χ3v) is 4.10. The Morgan fingerprint density at radius 2 is 2.41 bits per heavy atom. The molecule has 0 amide bonds. The second kappa shape index (κ2) is 5.85. The van der Waals surface area contributed by atoms with Crippen LogP contribution >= 0.6 is 11.8 Å². The average molecular weight is 255 g/mol. The van der Waals surface area contributed by atoms with Gasteiger partial charge in [0.15, 0.2) is 0 Å². The van der Waals surface area contributed by atoms with E-state index in [9.17, 15) is 4.39 Å². The van der Waals surface area contributed by atoms with Gasteiger partial charge >= 0.3 is 0 Å². The Bertz CT molecular complexity index is 380. The number of hydrogen-bond donors (Lipinski definition) is 1. The summed E-state index contributed by atoms with van der Waals surface area (Å²) >= 11 is 1.88. The fourth-order valence-electron chi connectivity index (χ4n) is 2.03. The summed E-state index contributed by atoms with van der Waals surface area (Å²) in [4.78, 5) is 0. The van der Waals surface area contributed by atoms with Gasteiger partial charge in [-0.2, -0.15) is 11.8 Å². The van der Waals surface area contributed by atoms with Crippen molar-refractivity contribution in [1.29, 1.82) is 0 Å². The lowest BCUT2D eigenvalue weighted by Gasteiger charge is -2.28. The van der Waals surface area contributed by atoms with Crippen LogP contribution in [0.25, 0.3) is 0 Å². The smallest absolute Gasteiger partial charge is 0.123 e. The molecule has 4 heteroatoms. The molecular weight excluding hydrogens is 237 g/mol. The minimum atomic E-state index is -0.190. The minimum absolute atomic E-state index is 0.00744. The number of hydrogen-bond acceptors (Lipinski definition) is 3. The third-order valence-electron chi connectivity index (χ3n) is 3.08. The number of benzene rings is 1. The van der Waals surface area contributed by atoms with E-state index in [2.05, 4.69) is 0 Å². The standard InChI is InChI=1S/C13H18FNOS/c1-9-6-11(14)3-2-10(9)7-12(15)13-8-17-5-4-16-13/h2-3,6,12-13H,4-5,7-8,15H2,1H3. The molecule has 1 aromatic carbocycles. The molecule has 2 atom stereocenters. The van der Waals surface area contributed by atoms with Crippen LogP contribution in [0.5, 0.6) is 0 Å². The fourth-order valence-corrected chi connectivity index (χ4v) is 2.98. The van der Waals surface area contributed by atoms with E-state index < -0.39 is 0 Å². The highest BCUT2D eigenvalue weighted by Crippen LogP contribution is 2.18. The van der Waals surface area contributed by atoms with Crippen LogP contribution in [0.2, 0.25) is 0 Å². The molecule has 1 heterocycles. The maximum Gasteiger partial charge on any atom is 0.123 e. The molecule has 2 unspecified atom stereocenters. The first-order valence-electron chi connectivity index (χ1n) is 5.87. The van der Waals surface area contributed by atoms with Crippen molar-refractivity contribution in [3.05, 3.63) is 35.1 Å². The summed E-state index contributed by atoms with van der Waals surface area (Å²) in [7, 11) is 0. The normalized spacial score (nSPS) is 22.4. The molecule has 0 spiro atoms. The van der Waals surface area contributed by atoms with E-state index in [1.165, 1.54) is 6.07 Å². The number of nitrogens with two attached hydrogens (primary N) is 1. The topological polar surface area (TPSA) is 35.2 Å². The zero-order chi connectivity index (χ0) is 12.3. The summed E-state index contributed by atoms with van der Waals surface area (Å²) in [5.74, 6) is 1.82. The second-order valence-corrected chi connectivity index (χ2v) is 5.57. The largest absolute Gasteiger partial charge is 0.375 e. The van der Waals surface area contributed by atoms with Crippen molar-refractivity contribution >= 4 is 11.8 Å². The first-order valence-corrected chi connectivity index (χ1v) is 7.02. The molecule has 0 aromatic heterocycles. The number of halogens is 1. The summed E-state index contributed by atoms with van der Waals surface area (Å²) in [6.07, 6.45) is 0.871. The number of rotatable bonds is 3. The van der Waals surface area contributed by atoms with Gasteiger partial charge in [-0.05, 0) is 36.6 Å². The molecule has 0 saturated carbocycles. The minimum Gasteiger partial charge on any atom is -0.375 e. The Kier molecular flexibility index (Phi) is 4.42. The predicted molar refractivity (Wildman–Crippen MR) is 69.9 cm³/mol. The highest BCUT2D eigenvalue weighted by atomic mass is 32.2. The van der Waals surface area contributed by atoms with Gasteiger partial charge in [-0.3, -0.25) is 0 Å². The van der Waals surface area contributed by atoms with E-state index in [1.807, 2.05) is 24.8 Å². The van der Waals surface area contributed by atoms with Crippen molar-refractivity contribution in [2.45, 2.75) is 25.5 Å². The van der Waals surface area contributed by atoms with Gasteiger partial charge in [0, 0.05) is 17.5 Å². The lowest BCUT2D eigenvalue weighted by molar-refractivity contribution is 0.0571. The molecule has 0 radical (unpaired) electrons. The number of thioether (sulfide) groups is 1. The van der Waals surface area contributed by atoms with Crippen molar-refractivity contribution in [2.24, 2.45) is 5.73 Å². The molecule has 0 bridgehead atoms. The first-order chi connectivity index (χ1) is 8.16. The van der Waals surface area contributed by atoms with Gasteiger partial charge in [0.05, 0.1) is 12.7 Å². The monoisotopic (exact) mass is 255 g/mol. The third kappa shape index (κ3) is 3.44. The molecule has 2 nitrogen and oxygen atoms in total. The molecule has 1 saturated heterocycles. The summed E-state index contributed by atoms with van der Waals surface area (Å²) in [6.45, 7) is 2.70. The van der Waals surface area contributed by atoms with Crippen LogP contribution in [0.1, 0.15) is 11.1 Å². The van der Waals surface area contributed by atoms with Gasteiger partial charge < -0.3 is 10.5 Å². The van der Waals surface area contributed by atoms with Crippen molar-refractivity contribution in [2.75, 3.05) is 18.1 Å². The van der Waals surface area contributed by atoms with Crippen LogP contribution in [-0.2, 0) is 11.2 Å². The van der Waals surface area contributed by atoms with Crippen LogP contribution in [-0.4, -0.2) is 30.3 Å². The molecule has 1 aromatic rings. The molecule has 1 aliphatic heterocycles. The second-order valence-electron chi connectivity index (χ2n) is 4.42. The Hall–Kier alpha value is -0.580. The molecule has 1 aliphatic rings. The van der Waals surface area contributed by atoms with Gasteiger partial charge in [-0.15, -0.1) is 0 Å². The lowest BCUT2D eigenvalue weighted by atomic mass is 9.99. The fraction of sp³-hybridized carbons (Fsp3) is 0.538. The molecule has 1 fully saturated rings. The SMILES string of the molecule is Cc1cc(F)ccc1CC(N)C1CSCCO1. The highest BCUT2D eigenvalue weighted by molar-refractivity contribution is 7.99. The van der Waals surface area contributed by atoms with E-state index in [1.54, 1.807) is 6.07 Å². The Balaban J connectivity index is 1.99. The van der Waals surface area contributed by atoms with Crippen LogP contribution in [0.3, 0.4) is 0 Å². The van der Waals surface area contributed by atoms with Gasteiger partial charge in [-0.25, -0.2) is 4.39 Å². The molecule has 2 rings (SSSR count). The zero-order valence-electron chi connectivity index (χ0n) is 9.99. The van der Waals surface area contributed by atoms with Gasteiger partial charge in [0.2, 0.25) is 0 Å². The lowest BCUT2D eigenvalue weighted by Crippen LogP contribution is -2.42.